The van der Waals surface area contributed by atoms with E-state index in [1.807, 2.05) is 6.92 Å². The molecule has 11 heavy (non-hydrogen) atoms. The number of aliphatic hydroxyl groups excluding tert-OH is 1. The molecule has 0 heterocycles. The van der Waals surface area contributed by atoms with Gasteiger partial charge in [0.05, 0.1) is 6.10 Å². The highest BCUT2D eigenvalue weighted by molar-refractivity contribution is 14.1. The third kappa shape index (κ3) is 5.91. The van der Waals surface area contributed by atoms with Crippen molar-refractivity contribution in [3.63, 3.8) is 0 Å². The van der Waals surface area contributed by atoms with E-state index in [0.717, 1.165) is 6.42 Å². The van der Waals surface area contributed by atoms with E-state index in [0.29, 0.717) is 3.92 Å². The van der Waals surface area contributed by atoms with Gasteiger partial charge < -0.3 is 5.11 Å². The molecule has 2 atom stereocenters. The van der Waals surface area contributed by atoms with Crippen molar-refractivity contribution >= 4 is 22.6 Å². The van der Waals surface area contributed by atoms with E-state index in [4.69, 9.17) is 0 Å². The predicted octanol–water partition coefficient (Wildman–Crippen LogP) is 3.14. The lowest BCUT2D eigenvalue weighted by Gasteiger charge is -2.14. The van der Waals surface area contributed by atoms with Gasteiger partial charge in [-0.15, -0.1) is 0 Å². The summed E-state index contributed by atoms with van der Waals surface area (Å²) in [5.74, 6) is 0. The van der Waals surface area contributed by atoms with Gasteiger partial charge in [0.25, 0.3) is 0 Å². The largest absolute Gasteiger partial charge is 0.392 e. The first kappa shape index (κ1) is 11.7. The van der Waals surface area contributed by atoms with Crippen molar-refractivity contribution in [3.8, 4) is 0 Å². The molecule has 0 rings (SSSR count). The van der Waals surface area contributed by atoms with Crippen LogP contribution < -0.4 is 0 Å². The molecule has 0 fully saturated rings. The van der Waals surface area contributed by atoms with Gasteiger partial charge >= 0.3 is 0 Å². The number of hydrogen-bond acceptors (Lipinski definition) is 1. The Hall–Kier alpha value is 0.690. The van der Waals surface area contributed by atoms with Crippen molar-refractivity contribution in [3.05, 3.63) is 0 Å². The van der Waals surface area contributed by atoms with E-state index in [9.17, 15) is 5.11 Å². The minimum absolute atomic E-state index is 0.0903. The molecule has 0 aromatic carbocycles. The van der Waals surface area contributed by atoms with Gasteiger partial charge in [0.15, 0.2) is 0 Å². The summed E-state index contributed by atoms with van der Waals surface area (Å²) in [6.07, 6.45) is 5.80. The molecule has 0 aliphatic heterocycles. The quantitative estimate of drug-likeness (QED) is 0.446. The van der Waals surface area contributed by atoms with Crippen LogP contribution in [0.1, 0.15) is 46.0 Å². The number of rotatable bonds is 6. The first-order valence-corrected chi connectivity index (χ1v) is 5.79. The number of aliphatic hydroxyl groups is 1. The van der Waals surface area contributed by atoms with Gasteiger partial charge in [0.1, 0.15) is 0 Å². The third-order valence-corrected chi connectivity index (χ3v) is 3.37. The van der Waals surface area contributed by atoms with Gasteiger partial charge in [-0.05, 0) is 12.8 Å². The highest BCUT2D eigenvalue weighted by Gasteiger charge is 2.12. The van der Waals surface area contributed by atoms with E-state index in [-0.39, 0.29) is 6.10 Å². The van der Waals surface area contributed by atoms with Crippen LogP contribution in [0.3, 0.4) is 0 Å². The van der Waals surface area contributed by atoms with E-state index < -0.39 is 0 Å². The molecule has 0 bridgehead atoms. The van der Waals surface area contributed by atoms with Crippen molar-refractivity contribution in [1.82, 2.24) is 0 Å². The van der Waals surface area contributed by atoms with Crippen LogP contribution in [0.4, 0.5) is 0 Å². The Morgan fingerprint density at radius 2 is 1.91 bits per heavy atom. The fourth-order valence-electron chi connectivity index (χ4n) is 1.04. The second kappa shape index (κ2) is 7.35. The predicted molar refractivity (Wildman–Crippen MR) is 58.2 cm³/mol. The molecule has 0 unspecified atom stereocenters. The fourth-order valence-corrected chi connectivity index (χ4v) is 1.99. The average Bonchev–Trinajstić information content (AvgIpc) is 2.03. The monoisotopic (exact) mass is 270 g/mol. The van der Waals surface area contributed by atoms with Crippen LogP contribution in [0, 0.1) is 0 Å². The van der Waals surface area contributed by atoms with Gasteiger partial charge in [-0.3, -0.25) is 0 Å². The minimum atomic E-state index is -0.0903. The molecule has 0 aliphatic rings. The Morgan fingerprint density at radius 3 is 2.36 bits per heavy atom. The molecular weight excluding hydrogens is 251 g/mol. The zero-order chi connectivity index (χ0) is 8.69. The second-order valence-corrected chi connectivity index (χ2v) is 4.59. The Morgan fingerprint density at radius 1 is 1.27 bits per heavy atom. The highest BCUT2D eigenvalue weighted by atomic mass is 127. The van der Waals surface area contributed by atoms with Crippen LogP contribution in [0.25, 0.3) is 0 Å². The van der Waals surface area contributed by atoms with Gasteiger partial charge in [0, 0.05) is 3.92 Å². The zero-order valence-corrected chi connectivity index (χ0v) is 9.67. The Balaban J connectivity index is 3.28. The third-order valence-electron chi connectivity index (χ3n) is 1.92. The maximum absolute atomic E-state index is 9.42. The maximum Gasteiger partial charge on any atom is 0.0655 e. The molecule has 0 saturated carbocycles. The second-order valence-electron chi connectivity index (χ2n) is 2.99. The van der Waals surface area contributed by atoms with Crippen molar-refractivity contribution in [2.24, 2.45) is 0 Å². The summed E-state index contributed by atoms with van der Waals surface area (Å²) in [4.78, 5) is 0. The van der Waals surface area contributed by atoms with Gasteiger partial charge in [-0.1, -0.05) is 55.7 Å². The van der Waals surface area contributed by atoms with Crippen LogP contribution in [0.15, 0.2) is 0 Å². The van der Waals surface area contributed by atoms with Crippen LogP contribution in [-0.4, -0.2) is 15.1 Å². The summed E-state index contributed by atoms with van der Waals surface area (Å²) >= 11 is 2.36. The lowest BCUT2D eigenvalue weighted by Crippen LogP contribution is -2.18. The highest BCUT2D eigenvalue weighted by Crippen LogP contribution is 2.17. The van der Waals surface area contributed by atoms with E-state index in [2.05, 4.69) is 29.5 Å². The van der Waals surface area contributed by atoms with Crippen LogP contribution in [-0.2, 0) is 0 Å². The van der Waals surface area contributed by atoms with E-state index in [1.165, 1.54) is 25.7 Å². The van der Waals surface area contributed by atoms with Crippen molar-refractivity contribution in [2.75, 3.05) is 0 Å². The molecule has 1 N–H and O–H groups in total. The molecule has 0 aromatic rings. The molecular formula is C9H19IO. The zero-order valence-electron chi connectivity index (χ0n) is 7.52. The van der Waals surface area contributed by atoms with Gasteiger partial charge in [-0.2, -0.15) is 0 Å². The first-order valence-electron chi connectivity index (χ1n) is 4.54. The average molecular weight is 270 g/mol. The minimum Gasteiger partial charge on any atom is -0.392 e. The Kier molecular flexibility index (Phi) is 7.81. The van der Waals surface area contributed by atoms with Gasteiger partial charge in [0.2, 0.25) is 0 Å². The summed E-state index contributed by atoms with van der Waals surface area (Å²) in [5, 5.41) is 9.42. The summed E-state index contributed by atoms with van der Waals surface area (Å²) < 4.78 is 0.462. The first-order chi connectivity index (χ1) is 5.22. The molecule has 0 aromatic heterocycles. The van der Waals surface area contributed by atoms with Crippen molar-refractivity contribution < 1.29 is 5.11 Å². The Bertz CT molecular complexity index is 85.6. The smallest absolute Gasteiger partial charge is 0.0655 e. The molecule has 0 saturated heterocycles. The van der Waals surface area contributed by atoms with E-state index >= 15 is 0 Å². The fraction of sp³-hybridized carbons (Fsp3) is 1.00. The maximum atomic E-state index is 9.42. The van der Waals surface area contributed by atoms with E-state index in [1.54, 1.807) is 0 Å². The van der Waals surface area contributed by atoms with Crippen LogP contribution in [0.2, 0.25) is 0 Å². The van der Waals surface area contributed by atoms with Crippen LogP contribution >= 0.6 is 22.6 Å². The van der Waals surface area contributed by atoms with Crippen LogP contribution in [0.5, 0.6) is 0 Å². The standard InChI is InChI=1S/C9H19IO/c1-3-5-6-7-8(10)9(11)4-2/h8-9,11H,3-7H2,1-2H3/t8-,9+/m0/s1. The number of halogens is 1. The lowest BCUT2D eigenvalue weighted by molar-refractivity contribution is 0.167. The number of hydrogen-bond donors (Lipinski definition) is 1. The van der Waals surface area contributed by atoms with Crippen molar-refractivity contribution in [1.29, 1.82) is 0 Å². The SMILES string of the molecule is CCCCC[C@H](I)[C@H](O)CC. The molecule has 0 aliphatic carbocycles. The molecule has 0 radical (unpaired) electrons. The normalized spacial score (nSPS) is 16.4. The lowest BCUT2D eigenvalue weighted by atomic mass is 10.1. The number of alkyl halides is 1. The summed E-state index contributed by atoms with van der Waals surface area (Å²) in [6, 6.07) is 0. The molecule has 0 spiro atoms. The topological polar surface area (TPSA) is 20.2 Å². The van der Waals surface area contributed by atoms with Crippen molar-refractivity contribution in [2.45, 2.75) is 56.0 Å². The summed E-state index contributed by atoms with van der Waals surface area (Å²) in [6.45, 7) is 4.24. The molecule has 0 amide bonds. The number of unbranched alkanes of at least 4 members (excludes halogenated alkanes) is 2. The molecule has 1 nitrogen and oxygen atoms in total. The molecule has 2 heteroatoms. The summed E-state index contributed by atoms with van der Waals surface area (Å²) in [5.41, 5.74) is 0. The summed E-state index contributed by atoms with van der Waals surface area (Å²) in [7, 11) is 0. The van der Waals surface area contributed by atoms with Gasteiger partial charge in [-0.25, -0.2) is 0 Å². The Labute approximate surface area is 83.7 Å². The molecule has 68 valence electrons.